The van der Waals surface area contributed by atoms with Gasteiger partial charge in [-0.15, -0.1) is 0 Å². The van der Waals surface area contributed by atoms with Crippen LogP contribution in [0.25, 0.3) is 0 Å². The van der Waals surface area contributed by atoms with Crippen molar-refractivity contribution in [1.29, 1.82) is 0 Å². The fourth-order valence-electron chi connectivity index (χ4n) is 1.55. The molecule has 1 nitrogen and oxygen atoms in total. The molecule has 0 spiro atoms. The van der Waals surface area contributed by atoms with Crippen molar-refractivity contribution in [2.24, 2.45) is 5.41 Å². The minimum Gasteiger partial charge on any atom is -0.301 e. The molecule has 12 heavy (non-hydrogen) atoms. The first-order chi connectivity index (χ1) is 5.38. The molecule has 0 saturated carbocycles. The first-order valence-corrected chi connectivity index (χ1v) is 10.5. The highest BCUT2D eigenvalue weighted by atomic mass is 128. The molecule has 0 aromatic carbocycles. The number of likely N-dealkylation sites (tertiary alicyclic amines) is 1. The van der Waals surface area contributed by atoms with Crippen molar-refractivity contribution in [2.75, 3.05) is 13.6 Å². The van der Waals surface area contributed by atoms with Crippen LogP contribution in [-0.2, 0) is 0 Å². The van der Waals surface area contributed by atoms with Gasteiger partial charge in [0, 0.05) is 42.8 Å². The normalized spacial score (nSPS) is 26.2. The minimum absolute atomic E-state index is 0.382. The van der Waals surface area contributed by atoms with Crippen molar-refractivity contribution in [3.05, 3.63) is 0 Å². The lowest BCUT2D eigenvalue weighted by Gasteiger charge is -2.39. The molecule has 1 fully saturated rings. The highest BCUT2D eigenvalue weighted by Gasteiger charge is 2.44. The van der Waals surface area contributed by atoms with Crippen LogP contribution in [0.4, 0.5) is 0 Å². The van der Waals surface area contributed by atoms with Gasteiger partial charge in [0.2, 0.25) is 0 Å². The van der Waals surface area contributed by atoms with Crippen molar-refractivity contribution in [3.63, 3.8) is 0 Å². The summed E-state index contributed by atoms with van der Waals surface area (Å²) in [5, 5.41) is 0. The van der Waals surface area contributed by atoms with Crippen molar-refractivity contribution in [2.45, 2.75) is 39.7 Å². The Bertz CT molecular complexity index is 143. The van der Waals surface area contributed by atoms with Crippen LogP contribution in [0.5, 0.6) is 0 Å². The first-order valence-electron chi connectivity index (χ1n) is 4.23. The van der Waals surface area contributed by atoms with E-state index in [1.54, 1.807) is 0 Å². The Morgan fingerprint density at radius 2 is 1.50 bits per heavy atom. The van der Waals surface area contributed by atoms with Gasteiger partial charge in [0.15, 0.2) is 0 Å². The van der Waals surface area contributed by atoms with Crippen LogP contribution in [0.15, 0.2) is 0 Å². The maximum absolute atomic E-state index is 2.45. The lowest BCUT2D eigenvalue weighted by atomic mass is 9.75. The van der Waals surface area contributed by atoms with Gasteiger partial charge in [-0.05, 0) is 39.3 Å². The third-order valence-corrected chi connectivity index (χ3v) is 3.68. The molecule has 1 rings (SSSR count). The third kappa shape index (κ3) is 2.47. The zero-order valence-electron chi connectivity index (χ0n) is 8.62. The van der Waals surface area contributed by atoms with Crippen LogP contribution in [-0.4, -0.2) is 24.0 Å². The van der Waals surface area contributed by atoms with Crippen molar-refractivity contribution in [3.8, 4) is 0 Å². The van der Waals surface area contributed by atoms with E-state index in [4.69, 9.17) is 0 Å². The summed E-state index contributed by atoms with van der Waals surface area (Å²) in [5.41, 5.74) is 0.870. The Labute approximate surface area is 100.0 Å². The highest BCUT2D eigenvalue weighted by Crippen LogP contribution is 2.43. The lowest BCUT2D eigenvalue weighted by Crippen LogP contribution is -2.44. The van der Waals surface area contributed by atoms with Crippen molar-refractivity contribution in [1.82, 2.24) is 4.90 Å². The summed E-state index contributed by atoms with van der Waals surface area (Å²) < 4.78 is 0. The zero-order valence-corrected chi connectivity index (χ0v) is 12.9. The molecule has 74 valence electrons. The molecule has 0 atom stereocenters. The Kier molecular flexibility index (Phi) is 5.34. The Morgan fingerprint density at radius 1 is 1.08 bits per heavy atom. The summed E-state index contributed by atoms with van der Waals surface area (Å²) in [7, 11) is 2.22. The third-order valence-electron chi connectivity index (χ3n) is 3.68. The number of hydrogen-bond acceptors (Lipinski definition) is 1. The van der Waals surface area contributed by atoms with Crippen LogP contribution >= 0.6 is 37.2 Å². The fourth-order valence-corrected chi connectivity index (χ4v) is 1.55. The summed E-state index contributed by atoms with van der Waals surface area (Å²) in [6.45, 7) is 10.6. The van der Waals surface area contributed by atoms with Crippen molar-refractivity contribution >= 4 is 37.2 Å². The predicted molar refractivity (Wildman–Crippen MR) is 73.1 cm³/mol. The van der Waals surface area contributed by atoms with Gasteiger partial charge in [-0.3, -0.25) is 0 Å². The van der Waals surface area contributed by atoms with E-state index in [1.807, 2.05) is 0 Å². The summed E-state index contributed by atoms with van der Waals surface area (Å²) in [5.74, 6) is 0. The SMILES string of the molecule is CN1CCC(C)(C)C1(C)C.II. The lowest BCUT2D eigenvalue weighted by molar-refractivity contribution is 0.116. The topological polar surface area (TPSA) is 3.24 Å². The van der Waals surface area contributed by atoms with Crippen LogP contribution in [0.1, 0.15) is 34.1 Å². The summed E-state index contributed by atoms with van der Waals surface area (Å²) >= 11 is 4.24. The molecule has 0 aliphatic carbocycles. The molecular formula is C9H19I2N. The maximum atomic E-state index is 2.45. The van der Waals surface area contributed by atoms with Gasteiger partial charge in [-0.25, -0.2) is 0 Å². The van der Waals surface area contributed by atoms with E-state index in [-0.39, 0.29) is 0 Å². The largest absolute Gasteiger partial charge is 0.301 e. The van der Waals surface area contributed by atoms with Gasteiger partial charge in [0.1, 0.15) is 0 Å². The number of rotatable bonds is 0. The van der Waals surface area contributed by atoms with E-state index in [2.05, 4.69) is 76.9 Å². The monoisotopic (exact) mass is 395 g/mol. The highest BCUT2D eigenvalue weighted by molar-refractivity contribution is 15.0. The number of hydrogen-bond donors (Lipinski definition) is 0. The van der Waals surface area contributed by atoms with E-state index in [0.717, 1.165) is 0 Å². The number of halogens is 2. The molecule has 1 heterocycles. The fraction of sp³-hybridized carbons (Fsp3) is 1.00. The summed E-state index contributed by atoms with van der Waals surface area (Å²) in [6, 6.07) is 0. The second-order valence-corrected chi connectivity index (χ2v) is 4.61. The maximum Gasteiger partial charge on any atom is 0.0201 e. The average molecular weight is 395 g/mol. The Morgan fingerprint density at radius 3 is 1.58 bits per heavy atom. The van der Waals surface area contributed by atoms with Crippen LogP contribution in [0, 0.1) is 5.41 Å². The van der Waals surface area contributed by atoms with Gasteiger partial charge in [0.25, 0.3) is 0 Å². The average Bonchev–Trinajstić information content (AvgIpc) is 2.18. The number of nitrogens with zero attached hydrogens (tertiary/aromatic N) is 1. The molecule has 0 unspecified atom stereocenters. The van der Waals surface area contributed by atoms with Gasteiger partial charge < -0.3 is 4.90 Å². The Balaban J connectivity index is 0.000000561. The standard InChI is InChI=1S/C9H19N.I2/c1-8(2)6-7-10(5)9(8,3)4;1-2/h6-7H2,1-5H3;. The molecule has 0 amide bonds. The van der Waals surface area contributed by atoms with Gasteiger partial charge in [-0.1, -0.05) is 13.8 Å². The smallest absolute Gasteiger partial charge is 0.0201 e. The molecule has 0 radical (unpaired) electrons. The molecular weight excluding hydrogens is 376 g/mol. The van der Waals surface area contributed by atoms with Crippen molar-refractivity contribution < 1.29 is 0 Å². The molecule has 0 N–H and O–H groups in total. The van der Waals surface area contributed by atoms with E-state index in [0.29, 0.717) is 11.0 Å². The van der Waals surface area contributed by atoms with E-state index in [9.17, 15) is 0 Å². The minimum atomic E-state index is 0.382. The molecule has 3 heteroatoms. The predicted octanol–water partition coefficient (Wildman–Crippen LogP) is 3.90. The molecule has 0 aromatic rings. The van der Waals surface area contributed by atoms with Gasteiger partial charge in [0.05, 0.1) is 0 Å². The molecule has 0 aromatic heterocycles. The quantitative estimate of drug-likeness (QED) is 0.563. The molecule has 1 aliphatic heterocycles. The van der Waals surface area contributed by atoms with Crippen LogP contribution in [0.2, 0.25) is 0 Å². The molecule has 1 aliphatic rings. The van der Waals surface area contributed by atoms with E-state index in [1.165, 1.54) is 13.0 Å². The summed E-state index contributed by atoms with van der Waals surface area (Å²) in [6.07, 6.45) is 1.33. The van der Waals surface area contributed by atoms with Gasteiger partial charge in [-0.2, -0.15) is 0 Å². The first kappa shape index (κ1) is 13.4. The van der Waals surface area contributed by atoms with E-state index >= 15 is 0 Å². The molecule has 0 bridgehead atoms. The summed E-state index contributed by atoms with van der Waals surface area (Å²) in [4.78, 5) is 2.45. The van der Waals surface area contributed by atoms with Crippen LogP contribution in [0.3, 0.4) is 0 Å². The van der Waals surface area contributed by atoms with Crippen LogP contribution < -0.4 is 0 Å². The molecule has 1 saturated heterocycles. The van der Waals surface area contributed by atoms with E-state index < -0.39 is 0 Å². The zero-order chi connectivity index (χ0) is 9.99. The Hall–Kier alpha value is 1.42. The van der Waals surface area contributed by atoms with Gasteiger partial charge >= 0.3 is 0 Å². The second kappa shape index (κ2) is 4.77. The second-order valence-electron chi connectivity index (χ2n) is 4.61.